The molecule has 1 aromatic rings. The number of ether oxygens (including phenoxy) is 1. The largest absolute Gasteiger partial charge is 0.444 e. The Labute approximate surface area is 125 Å². The van der Waals surface area contributed by atoms with E-state index in [0.717, 1.165) is 25.1 Å². The van der Waals surface area contributed by atoms with Gasteiger partial charge in [0.25, 0.3) is 0 Å². The zero-order chi connectivity index (χ0) is 15.5. The summed E-state index contributed by atoms with van der Waals surface area (Å²) < 4.78 is 10.9. The number of likely N-dealkylation sites (tertiary alicyclic amines) is 1. The summed E-state index contributed by atoms with van der Waals surface area (Å²) in [7, 11) is 0. The fourth-order valence-corrected chi connectivity index (χ4v) is 2.24. The van der Waals surface area contributed by atoms with Crippen LogP contribution in [0.2, 0.25) is 0 Å². The summed E-state index contributed by atoms with van der Waals surface area (Å²) >= 11 is 0. The zero-order valence-corrected chi connectivity index (χ0v) is 13.3. The van der Waals surface area contributed by atoms with Crippen molar-refractivity contribution in [3.05, 3.63) is 17.8 Å². The fraction of sp³-hybridized carbons (Fsp3) is 0.733. The van der Waals surface area contributed by atoms with Gasteiger partial charge in [0, 0.05) is 25.6 Å². The molecule has 0 radical (unpaired) electrons. The van der Waals surface area contributed by atoms with E-state index in [9.17, 15) is 4.79 Å². The van der Waals surface area contributed by atoms with Crippen LogP contribution in [0.1, 0.15) is 45.8 Å². The smallest absolute Gasteiger partial charge is 0.410 e. The van der Waals surface area contributed by atoms with Gasteiger partial charge < -0.3 is 19.4 Å². The first-order chi connectivity index (χ1) is 9.87. The maximum atomic E-state index is 12.0. The Morgan fingerprint density at radius 1 is 1.57 bits per heavy atom. The van der Waals surface area contributed by atoms with Crippen molar-refractivity contribution in [1.29, 1.82) is 0 Å². The number of carbonyl (C=O) groups excluding carboxylic acids is 1. The molecule has 21 heavy (non-hydrogen) atoms. The van der Waals surface area contributed by atoms with Gasteiger partial charge in [0.05, 0.1) is 12.7 Å². The maximum absolute atomic E-state index is 12.0. The van der Waals surface area contributed by atoms with Crippen LogP contribution in [0.3, 0.4) is 0 Å². The van der Waals surface area contributed by atoms with E-state index in [1.807, 2.05) is 27.7 Å². The number of oxazole rings is 1. The lowest BCUT2D eigenvalue weighted by Crippen LogP contribution is -2.38. The van der Waals surface area contributed by atoms with Crippen LogP contribution in [0.15, 0.2) is 10.6 Å². The first kappa shape index (κ1) is 15.8. The minimum absolute atomic E-state index is 0.240. The lowest BCUT2D eigenvalue weighted by Gasteiger charge is -2.24. The zero-order valence-electron chi connectivity index (χ0n) is 13.3. The molecule has 1 amide bonds. The Kier molecular flexibility index (Phi) is 4.88. The van der Waals surface area contributed by atoms with Gasteiger partial charge in [-0.25, -0.2) is 9.78 Å². The van der Waals surface area contributed by atoms with Gasteiger partial charge in [0.1, 0.15) is 11.4 Å². The van der Waals surface area contributed by atoms with E-state index >= 15 is 0 Å². The van der Waals surface area contributed by atoms with Gasteiger partial charge in [-0.3, -0.25) is 0 Å². The average Bonchev–Trinajstić information content (AvgIpc) is 3.03. The Morgan fingerprint density at radius 3 is 2.95 bits per heavy atom. The molecule has 0 unspecified atom stereocenters. The second kappa shape index (κ2) is 6.47. The van der Waals surface area contributed by atoms with Crippen LogP contribution in [0, 0.1) is 0 Å². The molecule has 6 nitrogen and oxygen atoms in total. The number of rotatable bonds is 4. The third kappa shape index (κ3) is 4.74. The summed E-state index contributed by atoms with van der Waals surface area (Å²) in [6.07, 6.45) is 3.29. The van der Waals surface area contributed by atoms with Crippen LogP contribution in [-0.4, -0.2) is 40.7 Å². The van der Waals surface area contributed by atoms with Crippen LogP contribution in [0.5, 0.6) is 0 Å². The van der Waals surface area contributed by atoms with Gasteiger partial charge in [-0.1, -0.05) is 6.92 Å². The highest BCUT2D eigenvalue weighted by Gasteiger charge is 2.29. The SMILES string of the molecule is CCc1cnc(CN[C@H]2CCN(C(=O)OC(C)(C)C)C2)o1. The number of hydrogen-bond donors (Lipinski definition) is 1. The number of amides is 1. The Balaban J connectivity index is 1.76. The molecule has 1 aliphatic heterocycles. The van der Waals surface area contributed by atoms with Crippen molar-refractivity contribution in [2.24, 2.45) is 0 Å². The first-order valence-corrected chi connectivity index (χ1v) is 7.52. The Bertz CT molecular complexity index is 479. The number of aromatic nitrogens is 1. The molecule has 118 valence electrons. The maximum Gasteiger partial charge on any atom is 0.410 e. The molecule has 0 aliphatic carbocycles. The monoisotopic (exact) mass is 295 g/mol. The highest BCUT2D eigenvalue weighted by molar-refractivity contribution is 5.68. The number of hydrogen-bond acceptors (Lipinski definition) is 5. The van der Waals surface area contributed by atoms with E-state index in [1.54, 1.807) is 11.1 Å². The highest BCUT2D eigenvalue weighted by Crippen LogP contribution is 2.15. The molecule has 6 heteroatoms. The summed E-state index contributed by atoms with van der Waals surface area (Å²) in [5, 5.41) is 3.38. The van der Waals surface area contributed by atoms with E-state index in [2.05, 4.69) is 10.3 Å². The van der Waals surface area contributed by atoms with Crippen LogP contribution in [0.4, 0.5) is 4.79 Å². The van der Waals surface area contributed by atoms with E-state index in [1.165, 1.54) is 0 Å². The second-order valence-electron chi connectivity index (χ2n) is 6.37. The molecule has 0 aromatic carbocycles. The normalized spacial score (nSPS) is 19.0. The summed E-state index contributed by atoms with van der Waals surface area (Å²) in [4.78, 5) is 17.9. The van der Waals surface area contributed by atoms with Crippen LogP contribution < -0.4 is 5.32 Å². The predicted molar refractivity (Wildman–Crippen MR) is 78.9 cm³/mol. The van der Waals surface area contributed by atoms with Crippen molar-refractivity contribution in [2.75, 3.05) is 13.1 Å². The second-order valence-corrected chi connectivity index (χ2v) is 6.37. The number of aryl methyl sites for hydroxylation is 1. The van der Waals surface area contributed by atoms with Gasteiger partial charge in [0.15, 0.2) is 0 Å². The standard InChI is InChI=1S/C15H25N3O3/c1-5-12-8-17-13(20-12)9-16-11-6-7-18(10-11)14(19)21-15(2,3)4/h8,11,16H,5-7,9-10H2,1-4H3/t11-/m0/s1. The van der Waals surface area contributed by atoms with Crippen molar-refractivity contribution >= 4 is 6.09 Å². The molecule has 1 fully saturated rings. The van der Waals surface area contributed by atoms with Crippen molar-refractivity contribution in [3.8, 4) is 0 Å². The molecule has 0 saturated carbocycles. The van der Waals surface area contributed by atoms with Gasteiger partial charge in [0.2, 0.25) is 5.89 Å². The lowest BCUT2D eigenvalue weighted by atomic mass is 10.2. The summed E-state index contributed by atoms with van der Waals surface area (Å²) in [5.41, 5.74) is -0.447. The molecule has 0 spiro atoms. The van der Waals surface area contributed by atoms with Crippen molar-refractivity contribution < 1.29 is 13.9 Å². The van der Waals surface area contributed by atoms with Crippen LogP contribution >= 0.6 is 0 Å². The summed E-state index contributed by atoms with van der Waals surface area (Å²) in [5.74, 6) is 1.59. The van der Waals surface area contributed by atoms with Gasteiger partial charge in [-0.2, -0.15) is 0 Å². The molecule has 0 bridgehead atoms. The summed E-state index contributed by atoms with van der Waals surface area (Å²) in [6, 6.07) is 0.259. The molecule has 2 rings (SSSR count). The number of nitrogens with one attached hydrogen (secondary N) is 1. The molecule has 2 heterocycles. The minimum Gasteiger partial charge on any atom is -0.444 e. The topological polar surface area (TPSA) is 67.6 Å². The van der Waals surface area contributed by atoms with Crippen molar-refractivity contribution in [2.45, 2.75) is 58.7 Å². The van der Waals surface area contributed by atoms with Gasteiger partial charge in [-0.15, -0.1) is 0 Å². The lowest BCUT2D eigenvalue weighted by molar-refractivity contribution is 0.0291. The Hall–Kier alpha value is -1.56. The predicted octanol–water partition coefficient (Wildman–Crippen LogP) is 2.34. The van der Waals surface area contributed by atoms with Crippen molar-refractivity contribution in [1.82, 2.24) is 15.2 Å². The van der Waals surface area contributed by atoms with E-state index < -0.39 is 5.60 Å². The third-order valence-corrected chi connectivity index (χ3v) is 3.33. The van der Waals surface area contributed by atoms with E-state index in [0.29, 0.717) is 19.0 Å². The number of carbonyl (C=O) groups is 1. The molecule has 1 N–H and O–H groups in total. The number of nitrogens with zero attached hydrogens (tertiary/aromatic N) is 2. The first-order valence-electron chi connectivity index (χ1n) is 7.52. The van der Waals surface area contributed by atoms with Gasteiger partial charge in [-0.05, 0) is 27.2 Å². The minimum atomic E-state index is -0.447. The fourth-order valence-electron chi connectivity index (χ4n) is 2.24. The molecular formula is C15H25N3O3. The van der Waals surface area contributed by atoms with Crippen LogP contribution in [-0.2, 0) is 17.7 Å². The molecular weight excluding hydrogens is 270 g/mol. The molecule has 1 saturated heterocycles. The van der Waals surface area contributed by atoms with Crippen molar-refractivity contribution in [3.63, 3.8) is 0 Å². The quantitative estimate of drug-likeness (QED) is 0.923. The highest BCUT2D eigenvalue weighted by atomic mass is 16.6. The third-order valence-electron chi connectivity index (χ3n) is 3.33. The molecule has 1 aromatic heterocycles. The van der Waals surface area contributed by atoms with E-state index in [-0.39, 0.29) is 12.1 Å². The van der Waals surface area contributed by atoms with E-state index in [4.69, 9.17) is 9.15 Å². The van der Waals surface area contributed by atoms with Gasteiger partial charge >= 0.3 is 6.09 Å². The average molecular weight is 295 g/mol. The molecule has 1 aliphatic rings. The van der Waals surface area contributed by atoms with Crippen LogP contribution in [0.25, 0.3) is 0 Å². The summed E-state index contributed by atoms with van der Waals surface area (Å²) in [6.45, 7) is 9.65. The Morgan fingerprint density at radius 2 is 2.33 bits per heavy atom. The molecule has 1 atom stereocenters.